The molecule has 2 aromatic rings. The van der Waals surface area contributed by atoms with Crippen LogP contribution in [0.15, 0.2) is 16.0 Å². The summed E-state index contributed by atoms with van der Waals surface area (Å²) in [7, 11) is 0. The van der Waals surface area contributed by atoms with E-state index in [1.54, 1.807) is 17.5 Å². The van der Waals surface area contributed by atoms with Crippen molar-refractivity contribution in [3.8, 4) is 0 Å². The van der Waals surface area contributed by atoms with Gasteiger partial charge in [-0.1, -0.05) is 5.10 Å². The SMILES string of the molecule is ClCc1nnc(NCc2nccs2)o1. The Balaban J connectivity index is 1.92. The summed E-state index contributed by atoms with van der Waals surface area (Å²) >= 11 is 7.07. The Labute approximate surface area is 89.1 Å². The summed E-state index contributed by atoms with van der Waals surface area (Å²) in [5.74, 6) is 0.639. The molecule has 2 heterocycles. The van der Waals surface area contributed by atoms with Crippen LogP contribution >= 0.6 is 22.9 Å². The molecule has 0 aromatic carbocycles. The molecule has 0 saturated carbocycles. The number of nitrogens with one attached hydrogen (secondary N) is 1. The molecule has 0 aliphatic heterocycles. The third kappa shape index (κ3) is 2.21. The second-order valence-corrected chi connectivity index (χ2v) is 3.66. The highest BCUT2D eigenvalue weighted by Gasteiger charge is 2.04. The first-order valence-electron chi connectivity index (χ1n) is 3.89. The lowest BCUT2D eigenvalue weighted by Crippen LogP contribution is -1.98. The molecule has 5 nitrogen and oxygen atoms in total. The Morgan fingerprint density at radius 3 is 3.07 bits per heavy atom. The molecule has 0 radical (unpaired) electrons. The van der Waals surface area contributed by atoms with Gasteiger partial charge >= 0.3 is 6.01 Å². The lowest BCUT2D eigenvalue weighted by Gasteiger charge is -1.95. The smallest absolute Gasteiger partial charge is 0.315 e. The fraction of sp³-hybridized carbons (Fsp3) is 0.286. The lowest BCUT2D eigenvalue weighted by atomic mass is 10.7. The minimum absolute atomic E-state index is 0.228. The average Bonchev–Trinajstić information content (AvgIpc) is 2.86. The first-order chi connectivity index (χ1) is 6.88. The van der Waals surface area contributed by atoms with Crippen LogP contribution in [-0.4, -0.2) is 15.2 Å². The number of anilines is 1. The number of hydrogen-bond donors (Lipinski definition) is 1. The summed E-state index contributed by atoms with van der Waals surface area (Å²) in [5.41, 5.74) is 0. The van der Waals surface area contributed by atoms with Crippen molar-refractivity contribution >= 4 is 29.0 Å². The van der Waals surface area contributed by atoms with E-state index < -0.39 is 0 Å². The van der Waals surface area contributed by atoms with Gasteiger partial charge in [0.1, 0.15) is 10.9 Å². The number of alkyl halides is 1. The molecular weight excluding hydrogens is 224 g/mol. The van der Waals surface area contributed by atoms with Crippen LogP contribution in [0.2, 0.25) is 0 Å². The highest BCUT2D eigenvalue weighted by Crippen LogP contribution is 2.10. The van der Waals surface area contributed by atoms with Gasteiger partial charge in [-0.3, -0.25) is 0 Å². The predicted octanol–water partition coefficient (Wildman–Crippen LogP) is 1.88. The largest absolute Gasteiger partial charge is 0.407 e. The van der Waals surface area contributed by atoms with Crippen molar-refractivity contribution in [2.75, 3.05) is 5.32 Å². The Morgan fingerprint density at radius 2 is 2.43 bits per heavy atom. The van der Waals surface area contributed by atoms with Crippen LogP contribution in [0.3, 0.4) is 0 Å². The van der Waals surface area contributed by atoms with E-state index in [9.17, 15) is 0 Å². The zero-order chi connectivity index (χ0) is 9.80. The molecule has 2 rings (SSSR count). The van der Waals surface area contributed by atoms with Crippen molar-refractivity contribution in [1.82, 2.24) is 15.2 Å². The molecule has 0 atom stereocenters. The fourth-order valence-electron chi connectivity index (χ4n) is 0.871. The van der Waals surface area contributed by atoms with Crippen molar-refractivity contribution in [3.63, 3.8) is 0 Å². The van der Waals surface area contributed by atoms with Gasteiger partial charge in [0.2, 0.25) is 5.89 Å². The average molecular weight is 231 g/mol. The molecule has 0 aliphatic carbocycles. The van der Waals surface area contributed by atoms with Crippen LogP contribution in [-0.2, 0) is 12.4 Å². The molecule has 74 valence electrons. The molecule has 14 heavy (non-hydrogen) atoms. The van der Waals surface area contributed by atoms with Crippen LogP contribution < -0.4 is 5.32 Å². The van der Waals surface area contributed by atoms with Crippen molar-refractivity contribution in [2.45, 2.75) is 12.4 Å². The topological polar surface area (TPSA) is 63.8 Å². The van der Waals surface area contributed by atoms with E-state index >= 15 is 0 Å². The highest BCUT2D eigenvalue weighted by atomic mass is 35.5. The standard InChI is InChI=1S/C7H7ClN4OS/c8-3-5-11-12-7(13-5)10-4-6-9-1-2-14-6/h1-2H,3-4H2,(H,10,12). The third-order valence-corrected chi connectivity index (χ3v) is 2.46. The maximum atomic E-state index is 5.51. The Morgan fingerprint density at radius 1 is 1.50 bits per heavy atom. The monoisotopic (exact) mass is 230 g/mol. The van der Waals surface area contributed by atoms with Gasteiger partial charge in [0.25, 0.3) is 0 Å². The number of nitrogens with zero attached hydrogens (tertiary/aromatic N) is 3. The van der Waals surface area contributed by atoms with Crippen LogP contribution in [0.25, 0.3) is 0 Å². The second-order valence-electron chi connectivity index (χ2n) is 2.41. The van der Waals surface area contributed by atoms with Crippen molar-refractivity contribution in [2.24, 2.45) is 0 Å². The number of thiazole rings is 1. The summed E-state index contributed by atoms with van der Waals surface area (Å²) in [6.07, 6.45) is 1.75. The summed E-state index contributed by atoms with van der Waals surface area (Å²) in [5, 5.41) is 13.3. The molecule has 2 aromatic heterocycles. The maximum Gasteiger partial charge on any atom is 0.315 e. The van der Waals surface area contributed by atoms with E-state index in [0.29, 0.717) is 18.5 Å². The van der Waals surface area contributed by atoms with E-state index in [1.165, 1.54) is 0 Å². The Kier molecular flexibility index (Phi) is 2.95. The Bertz CT molecular complexity index is 388. The predicted molar refractivity (Wildman–Crippen MR) is 53.3 cm³/mol. The van der Waals surface area contributed by atoms with Crippen molar-refractivity contribution < 1.29 is 4.42 Å². The van der Waals surface area contributed by atoms with Gasteiger partial charge in [0.05, 0.1) is 6.54 Å². The van der Waals surface area contributed by atoms with Crippen LogP contribution in [0.1, 0.15) is 10.9 Å². The van der Waals surface area contributed by atoms with Crippen molar-refractivity contribution in [1.29, 1.82) is 0 Å². The van der Waals surface area contributed by atoms with Gasteiger partial charge in [-0.2, -0.15) is 0 Å². The van der Waals surface area contributed by atoms with Crippen LogP contribution in [0, 0.1) is 0 Å². The first-order valence-corrected chi connectivity index (χ1v) is 5.30. The van der Waals surface area contributed by atoms with Gasteiger partial charge in [-0.25, -0.2) is 4.98 Å². The minimum Gasteiger partial charge on any atom is -0.407 e. The van der Waals surface area contributed by atoms with E-state index in [4.69, 9.17) is 16.0 Å². The molecule has 7 heteroatoms. The molecule has 0 amide bonds. The minimum atomic E-state index is 0.228. The van der Waals surface area contributed by atoms with Crippen LogP contribution in [0.5, 0.6) is 0 Å². The molecule has 0 unspecified atom stereocenters. The van der Waals surface area contributed by atoms with E-state index in [0.717, 1.165) is 5.01 Å². The van der Waals surface area contributed by atoms with Gasteiger partial charge in [-0.05, 0) is 0 Å². The van der Waals surface area contributed by atoms with E-state index in [-0.39, 0.29) is 5.88 Å². The number of rotatable bonds is 4. The van der Waals surface area contributed by atoms with Gasteiger partial charge in [0.15, 0.2) is 0 Å². The zero-order valence-corrected chi connectivity index (χ0v) is 8.68. The normalized spacial score (nSPS) is 10.4. The molecule has 0 saturated heterocycles. The first kappa shape index (κ1) is 9.42. The van der Waals surface area contributed by atoms with Crippen molar-refractivity contribution in [3.05, 3.63) is 22.5 Å². The number of halogens is 1. The van der Waals surface area contributed by atoms with Gasteiger partial charge in [0, 0.05) is 11.6 Å². The summed E-state index contributed by atoms with van der Waals surface area (Å²) in [6.45, 7) is 0.585. The summed E-state index contributed by atoms with van der Waals surface area (Å²) in [6, 6.07) is 0.371. The molecule has 1 N–H and O–H groups in total. The molecular formula is C7H7ClN4OS. The number of aromatic nitrogens is 3. The quantitative estimate of drug-likeness (QED) is 0.813. The van der Waals surface area contributed by atoms with Gasteiger partial charge in [-0.15, -0.1) is 28.0 Å². The zero-order valence-electron chi connectivity index (χ0n) is 7.11. The number of hydrogen-bond acceptors (Lipinski definition) is 6. The third-order valence-electron chi connectivity index (χ3n) is 1.46. The fourth-order valence-corrected chi connectivity index (χ4v) is 1.53. The summed E-state index contributed by atoms with van der Waals surface area (Å²) < 4.78 is 5.14. The van der Waals surface area contributed by atoms with E-state index in [2.05, 4.69) is 20.5 Å². The van der Waals surface area contributed by atoms with Crippen LogP contribution in [0.4, 0.5) is 6.01 Å². The molecule has 0 bridgehead atoms. The molecule has 0 spiro atoms. The second kappa shape index (κ2) is 4.39. The van der Waals surface area contributed by atoms with E-state index in [1.807, 2.05) is 5.38 Å². The maximum absolute atomic E-state index is 5.51. The molecule has 0 aliphatic rings. The molecule has 0 fully saturated rings. The Hall–Kier alpha value is -1.14. The highest BCUT2D eigenvalue weighted by molar-refractivity contribution is 7.09. The lowest BCUT2D eigenvalue weighted by molar-refractivity contribution is 0.525. The summed E-state index contributed by atoms with van der Waals surface area (Å²) in [4.78, 5) is 4.10. The van der Waals surface area contributed by atoms with Gasteiger partial charge < -0.3 is 9.73 Å².